The van der Waals surface area contributed by atoms with Crippen LogP contribution in [0.2, 0.25) is 0 Å². The normalized spacial score (nSPS) is 9.83. The van der Waals surface area contributed by atoms with Crippen molar-refractivity contribution in [2.24, 2.45) is 5.73 Å². The zero-order valence-corrected chi connectivity index (χ0v) is 10.3. The molecule has 0 saturated carbocycles. The topological polar surface area (TPSA) is 96.2 Å². The molecule has 0 heterocycles. The zero-order valence-electron chi connectivity index (χ0n) is 10.3. The zero-order chi connectivity index (χ0) is 13.4. The van der Waals surface area contributed by atoms with Gasteiger partial charge in [-0.15, -0.1) is 0 Å². The van der Waals surface area contributed by atoms with E-state index in [0.717, 1.165) is 11.3 Å². The van der Waals surface area contributed by atoms with Crippen molar-refractivity contribution in [2.45, 2.75) is 6.92 Å². The van der Waals surface area contributed by atoms with Crippen molar-refractivity contribution in [1.82, 2.24) is 10.6 Å². The van der Waals surface area contributed by atoms with Crippen molar-refractivity contribution in [3.8, 4) is 0 Å². The highest BCUT2D eigenvalue weighted by molar-refractivity contribution is 5.92. The highest BCUT2D eigenvalue weighted by atomic mass is 16.2. The van der Waals surface area contributed by atoms with Crippen LogP contribution in [0.15, 0.2) is 24.3 Å². The lowest BCUT2D eigenvalue weighted by Gasteiger charge is -2.07. The Morgan fingerprint density at radius 1 is 1.28 bits per heavy atom. The summed E-state index contributed by atoms with van der Waals surface area (Å²) in [5.41, 5.74) is 6.76. The highest BCUT2D eigenvalue weighted by Gasteiger charge is 2.01. The first-order valence-corrected chi connectivity index (χ1v) is 5.68. The van der Waals surface area contributed by atoms with Crippen molar-refractivity contribution < 1.29 is 9.59 Å². The van der Waals surface area contributed by atoms with Crippen molar-refractivity contribution in [1.29, 1.82) is 0 Å². The van der Waals surface area contributed by atoms with Crippen LogP contribution in [0.25, 0.3) is 0 Å². The lowest BCUT2D eigenvalue weighted by atomic mass is 10.2. The molecule has 0 aromatic heterocycles. The summed E-state index contributed by atoms with van der Waals surface area (Å²) in [4.78, 5) is 21.9. The molecule has 6 heteroatoms. The Balaban J connectivity index is 2.20. The molecule has 18 heavy (non-hydrogen) atoms. The molecule has 0 atom stereocenters. The third-order valence-electron chi connectivity index (χ3n) is 2.19. The molecule has 3 amide bonds. The number of aryl methyl sites for hydroxylation is 1. The van der Waals surface area contributed by atoms with Gasteiger partial charge in [-0.25, -0.2) is 4.79 Å². The van der Waals surface area contributed by atoms with Gasteiger partial charge in [-0.05, 0) is 24.6 Å². The molecule has 1 aromatic carbocycles. The minimum Gasteiger partial charge on any atom is -0.352 e. The van der Waals surface area contributed by atoms with Gasteiger partial charge in [0.15, 0.2) is 0 Å². The Morgan fingerprint density at radius 3 is 2.72 bits per heavy atom. The minimum atomic E-state index is -0.569. The van der Waals surface area contributed by atoms with Gasteiger partial charge in [0, 0.05) is 18.8 Å². The molecule has 0 aliphatic heterocycles. The maximum atomic E-state index is 11.5. The van der Waals surface area contributed by atoms with E-state index in [9.17, 15) is 9.59 Å². The fourth-order valence-electron chi connectivity index (χ4n) is 1.40. The van der Waals surface area contributed by atoms with E-state index in [-0.39, 0.29) is 12.5 Å². The van der Waals surface area contributed by atoms with Gasteiger partial charge in [0.2, 0.25) is 5.91 Å². The van der Waals surface area contributed by atoms with Gasteiger partial charge >= 0.3 is 6.03 Å². The SMILES string of the molecule is Cc1cccc(NC(=O)CNCCNC(N)=O)c1. The summed E-state index contributed by atoms with van der Waals surface area (Å²) in [7, 11) is 0. The van der Waals surface area contributed by atoms with E-state index in [2.05, 4.69) is 16.0 Å². The monoisotopic (exact) mass is 250 g/mol. The molecule has 5 N–H and O–H groups in total. The molecule has 0 aliphatic carbocycles. The minimum absolute atomic E-state index is 0.125. The lowest BCUT2D eigenvalue weighted by molar-refractivity contribution is -0.115. The molecule has 98 valence electrons. The van der Waals surface area contributed by atoms with Crippen LogP contribution in [-0.2, 0) is 4.79 Å². The molecule has 0 fully saturated rings. The van der Waals surface area contributed by atoms with E-state index < -0.39 is 6.03 Å². The van der Waals surface area contributed by atoms with Crippen molar-refractivity contribution in [3.05, 3.63) is 29.8 Å². The van der Waals surface area contributed by atoms with E-state index >= 15 is 0 Å². The molecule has 0 bridgehead atoms. The van der Waals surface area contributed by atoms with Gasteiger partial charge in [0.05, 0.1) is 6.54 Å². The molecular formula is C12H18N4O2. The molecule has 0 saturated heterocycles. The van der Waals surface area contributed by atoms with E-state index in [0.29, 0.717) is 13.1 Å². The summed E-state index contributed by atoms with van der Waals surface area (Å²) >= 11 is 0. The summed E-state index contributed by atoms with van der Waals surface area (Å²) in [6, 6.07) is 7.01. The molecule has 6 nitrogen and oxygen atoms in total. The first kappa shape index (κ1) is 14.0. The number of amides is 3. The second kappa shape index (κ2) is 7.29. The van der Waals surface area contributed by atoms with Crippen LogP contribution in [0.3, 0.4) is 0 Å². The number of urea groups is 1. The van der Waals surface area contributed by atoms with Gasteiger partial charge in [-0.1, -0.05) is 12.1 Å². The predicted molar refractivity (Wildman–Crippen MR) is 70.3 cm³/mol. The Bertz CT molecular complexity index is 420. The summed E-state index contributed by atoms with van der Waals surface area (Å²) in [5.74, 6) is -0.125. The summed E-state index contributed by atoms with van der Waals surface area (Å²) in [5, 5.41) is 8.08. The maximum Gasteiger partial charge on any atom is 0.312 e. The number of hydrogen-bond acceptors (Lipinski definition) is 3. The summed E-state index contributed by atoms with van der Waals surface area (Å²) < 4.78 is 0. The average Bonchev–Trinajstić information content (AvgIpc) is 2.28. The Kier molecular flexibility index (Phi) is 5.66. The Hall–Kier alpha value is -2.08. The van der Waals surface area contributed by atoms with Crippen LogP contribution in [0.1, 0.15) is 5.56 Å². The van der Waals surface area contributed by atoms with E-state index in [1.54, 1.807) is 0 Å². The van der Waals surface area contributed by atoms with Crippen molar-refractivity contribution >= 4 is 17.6 Å². The summed E-state index contributed by atoms with van der Waals surface area (Å²) in [6.45, 7) is 3.04. The first-order valence-electron chi connectivity index (χ1n) is 5.68. The van der Waals surface area contributed by atoms with Crippen LogP contribution < -0.4 is 21.7 Å². The van der Waals surface area contributed by atoms with Crippen molar-refractivity contribution in [3.63, 3.8) is 0 Å². The Labute approximate surface area is 106 Å². The smallest absolute Gasteiger partial charge is 0.312 e. The second-order valence-electron chi connectivity index (χ2n) is 3.89. The maximum absolute atomic E-state index is 11.5. The van der Waals surface area contributed by atoms with Crippen molar-refractivity contribution in [2.75, 3.05) is 25.0 Å². The van der Waals surface area contributed by atoms with Crippen LogP contribution in [0, 0.1) is 6.92 Å². The van der Waals surface area contributed by atoms with Gasteiger partial charge in [-0.2, -0.15) is 0 Å². The third-order valence-corrected chi connectivity index (χ3v) is 2.19. The third kappa shape index (κ3) is 5.86. The number of primary amides is 1. The molecule has 0 aliphatic rings. The highest BCUT2D eigenvalue weighted by Crippen LogP contribution is 2.08. The number of carbonyl (C=O) groups is 2. The number of nitrogens with one attached hydrogen (secondary N) is 3. The number of anilines is 1. The van der Waals surface area contributed by atoms with Gasteiger partial charge in [0.1, 0.15) is 0 Å². The molecule has 1 aromatic rings. The molecule has 0 radical (unpaired) electrons. The van der Waals surface area contributed by atoms with E-state index in [4.69, 9.17) is 5.73 Å². The quantitative estimate of drug-likeness (QED) is 0.543. The van der Waals surface area contributed by atoms with Crippen LogP contribution in [0.4, 0.5) is 10.5 Å². The predicted octanol–water partition coefficient (Wildman–Crippen LogP) is 0.191. The first-order chi connectivity index (χ1) is 8.58. The average molecular weight is 250 g/mol. The van der Waals surface area contributed by atoms with E-state index in [1.807, 2.05) is 31.2 Å². The lowest BCUT2D eigenvalue weighted by Crippen LogP contribution is -2.37. The fourth-order valence-corrected chi connectivity index (χ4v) is 1.40. The van der Waals surface area contributed by atoms with E-state index in [1.165, 1.54) is 0 Å². The largest absolute Gasteiger partial charge is 0.352 e. The number of rotatable bonds is 6. The number of nitrogens with two attached hydrogens (primary N) is 1. The molecular weight excluding hydrogens is 232 g/mol. The van der Waals surface area contributed by atoms with Gasteiger partial charge in [0.25, 0.3) is 0 Å². The molecule has 0 spiro atoms. The second-order valence-corrected chi connectivity index (χ2v) is 3.89. The van der Waals surface area contributed by atoms with Crippen LogP contribution in [-0.4, -0.2) is 31.6 Å². The molecule has 0 unspecified atom stereocenters. The molecule has 1 rings (SSSR count). The standard InChI is InChI=1S/C12H18N4O2/c1-9-3-2-4-10(7-9)16-11(17)8-14-5-6-15-12(13)18/h2-4,7,14H,5-6,8H2,1H3,(H,16,17)(H3,13,15,18). The number of hydrogen-bond donors (Lipinski definition) is 4. The van der Waals surface area contributed by atoms with Crippen LogP contribution in [0.5, 0.6) is 0 Å². The summed E-state index contributed by atoms with van der Waals surface area (Å²) in [6.07, 6.45) is 0. The van der Waals surface area contributed by atoms with Crippen LogP contribution >= 0.6 is 0 Å². The Morgan fingerprint density at radius 2 is 2.06 bits per heavy atom. The van der Waals surface area contributed by atoms with Gasteiger partial charge < -0.3 is 21.7 Å². The number of benzene rings is 1. The fraction of sp³-hybridized carbons (Fsp3) is 0.333. The van der Waals surface area contributed by atoms with Gasteiger partial charge in [-0.3, -0.25) is 4.79 Å². The number of carbonyl (C=O) groups excluding carboxylic acids is 2.